The van der Waals surface area contributed by atoms with Gasteiger partial charge in [-0.1, -0.05) is 13.8 Å². The number of halogens is 1. The van der Waals surface area contributed by atoms with Crippen LogP contribution in [-0.2, 0) is 0 Å². The van der Waals surface area contributed by atoms with Crippen LogP contribution in [0.25, 0.3) is 0 Å². The van der Waals surface area contributed by atoms with Crippen molar-refractivity contribution < 1.29 is 14.1 Å². The Morgan fingerprint density at radius 1 is 1.53 bits per heavy atom. The molecule has 0 bridgehead atoms. The molecule has 0 spiro atoms. The first-order valence-corrected chi connectivity index (χ1v) is 6.10. The van der Waals surface area contributed by atoms with Gasteiger partial charge >= 0.3 is 0 Å². The summed E-state index contributed by atoms with van der Waals surface area (Å²) in [4.78, 5) is 10.1. The number of ether oxygens (including phenoxy) is 1. The van der Waals surface area contributed by atoms with Gasteiger partial charge in [-0.3, -0.25) is 10.1 Å². The first kappa shape index (κ1) is 13.7. The van der Waals surface area contributed by atoms with Crippen LogP contribution in [0, 0.1) is 28.3 Å². The van der Waals surface area contributed by atoms with Gasteiger partial charge in [0, 0.05) is 23.4 Å². The molecule has 2 unspecified atom stereocenters. The Kier molecular flexibility index (Phi) is 3.22. The van der Waals surface area contributed by atoms with Crippen molar-refractivity contribution in [2.24, 2.45) is 11.1 Å². The topological polar surface area (TPSA) is 78.4 Å². The molecule has 1 aliphatic rings. The van der Waals surface area contributed by atoms with E-state index in [0.717, 1.165) is 6.07 Å². The van der Waals surface area contributed by atoms with E-state index in [-0.39, 0.29) is 29.0 Å². The summed E-state index contributed by atoms with van der Waals surface area (Å²) in [6.07, 6.45) is 0.487. The Bertz CT molecular complexity index is 531. The molecule has 1 fully saturated rings. The van der Waals surface area contributed by atoms with Crippen molar-refractivity contribution in [3.8, 4) is 5.75 Å². The van der Waals surface area contributed by atoms with Gasteiger partial charge in [0.25, 0.3) is 5.69 Å². The molecule has 2 atom stereocenters. The van der Waals surface area contributed by atoms with Crippen LogP contribution in [0.15, 0.2) is 12.1 Å². The maximum Gasteiger partial charge on any atom is 0.275 e. The molecule has 1 aromatic rings. The molecule has 1 saturated carbocycles. The molecule has 0 radical (unpaired) electrons. The van der Waals surface area contributed by atoms with Gasteiger partial charge in [-0.15, -0.1) is 0 Å². The summed E-state index contributed by atoms with van der Waals surface area (Å²) in [5, 5.41) is 10.7. The molecule has 0 heterocycles. The molecule has 2 N–H and O–H groups in total. The van der Waals surface area contributed by atoms with Crippen molar-refractivity contribution in [3.05, 3.63) is 33.6 Å². The molecule has 6 heteroatoms. The molecule has 19 heavy (non-hydrogen) atoms. The fourth-order valence-corrected chi connectivity index (χ4v) is 2.20. The molecular formula is C13H17FN2O3. The Hall–Kier alpha value is -1.69. The van der Waals surface area contributed by atoms with Gasteiger partial charge in [-0.25, -0.2) is 4.39 Å². The Balaban J connectivity index is 2.23. The van der Waals surface area contributed by atoms with E-state index in [2.05, 4.69) is 0 Å². The van der Waals surface area contributed by atoms with Crippen LogP contribution in [0.1, 0.15) is 25.8 Å². The third-order valence-electron chi connectivity index (χ3n) is 3.97. The average molecular weight is 268 g/mol. The number of nitrogens with two attached hydrogens (primary N) is 1. The molecule has 0 saturated heterocycles. The second kappa shape index (κ2) is 4.45. The van der Waals surface area contributed by atoms with Gasteiger partial charge < -0.3 is 10.5 Å². The number of nitrogens with zero attached hydrogens (tertiary/aromatic N) is 1. The van der Waals surface area contributed by atoms with Crippen LogP contribution in [0.3, 0.4) is 0 Å². The standard InChI is InChI=1S/C13H17FN2O3/c1-7-4-10(8(14)5-9(7)16(17)18)19-12-6-11(15)13(12,2)3/h4-5,11-12H,6,15H2,1-3H3. The predicted octanol–water partition coefficient (Wildman–Crippen LogP) is 2.55. The summed E-state index contributed by atoms with van der Waals surface area (Å²) in [5.41, 5.74) is 5.79. The van der Waals surface area contributed by atoms with Gasteiger partial charge in [-0.05, 0) is 13.0 Å². The van der Waals surface area contributed by atoms with Crippen molar-refractivity contribution in [1.82, 2.24) is 0 Å². The third-order valence-corrected chi connectivity index (χ3v) is 3.97. The second-order valence-electron chi connectivity index (χ2n) is 5.60. The molecule has 5 nitrogen and oxygen atoms in total. The maximum absolute atomic E-state index is 13.8. The monoisotopic (exact) mass is 268 g/mol. The highest BCUT2D eigenvalue weighted by Gasteiger charge is 2.48. The van der Waals surface area contributed by atoms with E-state index in [1.807, 2.05) is 13.8 Å². The molecule has 2 rings (SSSR count). The fraction of sp³-hybridized carbons (Fsp3) is 0.538. The lowest BCUT2D eigenvalue weighted by Crippen LogP contribution is -2.60. The summed E-state index contributed by atoms with van der Waals surface area (Å²) in [5.74, 6) is -0.665. The minimum absolute atomic E-state index is 0.0275. The number of nitro groups is 1. The second-order valence-corrected chi connectivity index (χ2v) is 5.60. The lowest BCUT2D eigenvalue weighted by atomic mass is 9.65. The van der Waals surface area contributed by atoms with Crippen LogP contribution in [-0.4, -0.2) is 17.1 Å². The molecule has 0 amide bonds. The van der Waals surface area contributed by atoms with Crippen LogP contribution in [0.2, 0.25) is 0 Å². The smallest absolute Gasteiger partial charge is 0.275 e. The summed E-state index contributed by atoms with van der Waals surface area (Å²) >= 11 is 0. The van der Waals surface area contributed by atoms with Gasteiger partial charge in [0.15, 0.2) is 11.6 Å². The van der Waals surface area contributed by atoms with Crippen LogP contribution >= 0.6 is 0 Å². The Morgan fingerprint density at radius 2 is 2.16 bits per heavy atom. The highest BCUT2D eigenvalue weighted by Crippen LogP contribution is 2.42. The normalized spacial score (nSPS) is 24.7. The third kappa shape index (κ3) is 2.28. The van der Waals surface area contributed by atoms with Crippen molar-refractivity contribution in [3.63, 3.8) is 0 Å². The lowest BCUT2D eigenvalue weighted by Gasteiger charge is -2.49. The number of aryl methyl sites for hydroxylation is 1. The zero-order valence-electron chi connectivity index (χ0n) is 11.1. The quantitative estimate of drug-likeness (QED) is 0.675. The summed E-state index contributed by atoms with van der Waals surface area (Å²) in [7, 11) is 0. The lowest BCUT2D eigenvalue weighted by molar-refractivity contribution is -0.385. The number of rotatable bonds is 3. The summed E-state index contributed by atoms with van der Waals surface area (Å²) in [6, 6.07) is 2.30. The van der Waals surface area contributed by atoms with Gasteiger partial charge in [0.1, 0.15) is 6.10 Å². The zero-order chi connectivity index (χ0) is 14.4. The molecule has 104 valence electrons. The minimum Gasteiger partial charge on any atom is -0.487 e. The number of nitro benzene ring substituents is 1. The van der Waals surface area contributed by atoms with E-state index in [1.54, 1.807) is 6.92 Å². The molecule has 0 aliphatic heterocycles. The van der Waals surface area contributed by atoms with E-state index in [4.69, 9.17) is 10.5 Å². The van der Waals surface area contributed by atoms with E-state index in [9.17, 15) is 14.5 Å². The number of hydrogen-bond acceptors (Lipinski definition) is 4. The Morgan fingerprint density at radius 3 is 2.63 bits per heavy atom. The van der Waals surface area contributed by atoms with Gasteiger partial charge in [0.2, 0.25) is 0 Å². The average Bonchev–Trinajstić information content (AvgIpc) is 2.32. The van der Waals surface area contributed by atoms with Crippen molar-refractivity contribution in [2.75, 3.05) is 0 Å². The molecule has 1 aromatic carbocycles. The van der Waals surface area contributed by atoms with Crippen molar-refractivity contribution in [1.29, 1.82) is 0 Å². The maximum atomic E-state index is 13.8. The first-order valence-electron chi connectivity index (χ1n) is 6.10. The fourth-order valence-electron chi connectivity index (χ4n) is 2.20. The largest absolute Gasteiger partial charge is 0.487 e. The molecular weight excluding hydrogens is 251 g/mol. The molecule has 1 aliphatic carbocycles. The minimum atomic E-state index is -0.714. The SMILES string of the molecule is Cc1cc(OC2CC(N)C2(C)C)c(F)cc1[N+](=O)[O-]. The first-order chi connectivity index (χ1) is 8.73. The highest BCUT2D eigenvalue weighted by molar-refractivity contribution is 5.45. The van der Waals surface area contributed by atoms with Crippen LogP contribution in [0.4, 0.5) is 10.1 Å². The van der Waals surface area contributed by atoms with E-state index in [1.165, 1.54) is 6.07 Å². The number of benzene rings is 1. The van der Waals surface area contributed by atoms with Crippen molar-refractivity contribution in [2.45, 2.75) is 39.3 Å². The Labute approximate surface area is 110 Å². The zero-order valence-corrected chi connectivity index (χ0v) is 11.1. The van der Waals surface area contributed by atoms with Crippen LogP contribution < -0.4 is 10.5 Å². The van der Waals surface area contributed by atoms with Gasteiger partial charge in [0.05, 0.1) is 11.0 Å². The summed E-state index contributed by atoms with van der Waals surface area (Å²) < 4.78 is 19.4. The van der Waals surface area contributed by atoms with Crippen LogP contribution in [0.5, 0.6) is 5.75 Å². The highest BCUT2D eigenvalue weighted by atomic mass is 19.1. The van der Waals surface area contributed by atoms with Gasteiger partial charge in [-0.2, -0.15) is 0 Å². The van der Waals surface area contributed by atoms with E-state index >= 15 is 0 Å². The summed E-state index contributed by atoms with van der Waals surface area (Å²) in [6.45, 7) is 5.48. The predicted molar refractivity (Wildman–Crippen MR) is 68.6 cm³/mol. The van der Waals surface area contributed by atoms with Crippen molar-refractivity contribution >= 4 is 5.69 Å². The van der Waals surface area contributed by atoms with E-state index in [0.29, 0.717) is 12.0 Å². The van der Waals surface area contributed by atoms with E-state index < -0.39 is 10.7 Å². The number of hydrogen-bond donors (Lipinski definition) is 1. The molecule has 0 aromatic heterocycles.